The third-order valence-electron chi connectivity index (χ3n) is 5.21. The molecule has 0 radical (unpaired) electrons. The zero-order valence-electron chi connectivity index (χ0n) is 12.4. The monoisotopic (exact) mass is 297 g/mol. The summed E-state index contributed by atoms with van der Waals surface area (Å²) in [5.74, 6) is 3.82. The van der Waals surface area contributed by atoms with E-state index in [4.69, 9.17) is 4.74 Å². The van der Waals surface area contributed by atoms with Crippen molar-refractivity contribution in [2.24, 2.45) is 11.8 Å². The maximum atomic E-state index is 12.5. The van der Waals surface area contributed by atoms with E-state index in [0.29, 0.717) is 5.78 Å². The summed E-state index contributed by atoms with van der Waals surface area (Å²) in [7, 11) is 0. The summed E-state index contributed by atoms with van der Waals surface area (Å²) in [6.07, 6.45) is 7.54. The standard InChI is InChI=1S/C16H27NO2S/c18-15(4-3-13-2-1-7-17-11-13)14-5-8-19-16(10-14)6-9-20-12-16/h13-14,17H,1-12H2. The van der Waals surface area contributed by atoms with Gasteiger partial charge in [-0.2, -0.15) is 11.8 Å². The summed E-state index contributed by atoms with van der Waals surface area (Å²) in [5.41, 5.74) is 0.0512. The van der Waals surface area contributed by atoms with E-state index in [0.717, 1.165) is 63.5 Å². The molecule has 3 nitrogen and oxygen atoms in total. The zero-order chi connectivity index (χ0) is 13.8. The van der Waals surface area contributed by atoms with E-state index in [-0.39, 0.29) is 11.5 Å². The van der Waals surface area contributed by atoms with Crippen LogP contribution in [-0.4, -0.2) is 42.6 Å². The van der Waals surface area contributed by atoms with Crippen LogP contribution in [0.1, 0.15) is 44.9 Å². The van der Waals surface area contributed by atoms with Crippen molar-refractivity contribution in [3.63, 3.8) is 0 Å². The minimum Gasteiger partial charge on any atom is -0.374 e. The number of thioether (sulfide) groups is 1. The maximum Gasteiger partial charge on any atom is 0.136 e. The van der Waals surface area contributed by atoms with Crippen LogP contribution in [-0.2, 0) is 9.53 Å². The lowest BCUT2D eigenvalue weighted by atomic mass is 9.81. The molecule has 3 rings (SSSR count). The van der Waals surface area contributed by atoms with Crippen molar-refractivity contribution in [2.75, 3.05) is 31.2 Å². The molecule has 0 aromatic rings. The first-order valence-electron chi connectivity index (χ1n) is 8.23. The molecule has 3 fully saturated rings. The van der Waals surface area contributed by atoms with Crippen LogP contribution in [0.5, 0.6) is 0 Å². The van der Waals surface area contributed by atoms with Gasteiger partial charge in [-0.1, -0.05) is 0 Å². The van der Waals surface area contributed by atoms with Crippen molar-refractivity contribution in [1.82, 2.24) is 5.32 Å². The highest BCUT2D eigenvalue weighted by Crippen LogP contribution is 2.41. The normalized spacial score (nSPS) is 38.2. The maximum absolute atomic E-state index is 12.5. The van der Waals surface area contributed by atoms with Gasteiger partial charge < -0.3 is 10.1 Å². The Morgan fingerprint density at radius 2 is 2.35 bits per heavy atom. The molecule has 1 spiro atoms. The SMILES string of the molecule is O=C(CCC1CCCNC1)C1CCOC2(CCSC2)C1. The number of hydrogen-bond acceptors (Lipinski definition) is 4. The second-order valence-electron chi connectivity index (χ2n) is 6.74. The Labute approximate surface area is 126 Å². The molecular weight excluding hydrogens is 270 g/mol. The summed E-state index contributed by atoms with van der Waals surface area (Å²) in [5, 5.41) is 3.44. The number of Topliss-reactive ketones (excluding diaryl/α,β-unsaturated/α-hetero) is 1. The van der Waals surface area contributed by atoms with Gasteiger partial charge in [-0.15, -0.1) is 0 Å². The van der Waals surface area contributed by atoms with Gasteiger partial charge in [0.25, 0.3) is 0 Å². The molecule has 3 heterocycles. The largest absolute Gasteiger partial charge is 0.374 e. The predicted molar refractivity (Wildman–Crippen MR) is 83.2 cm³/mol. The van der Waals surface area contributed by atoms with E-state index in [1.54, 1.807) is 0 Å². The molecule has 3 saturated heterocycles. The molecule has 0 aromatic heterocycles. The molecule has 0 aliphatic carbocycles. The summed E-state index contributed by atoms with van der Waals surface area (Å²) < 4.78 is 6.02. The van der Waals surface area contributed by atoms with E-state index in [2.05, 4.69) is 5.32 Å². The molecule has 3 atom stereocenters. The van der Waals surface area contributed by atoms with Gasteiger partial charge in [0, 0.05) is 24.7 Å². The first kappa shape index (κ1) is 14.9. The van der Waals surface area contributed by atoms with E-state index >= 15 is 0 Å². The first-order valence-corrected chi connectivity index (χ1v) is 9.38. The van der Waals surface area contributed by atoms with Crippen LogP contribution in [0.2, 0.25) is 0 Å². The highest BCUT2D eigenvalue weighted by molar-refractivity contribution is 7.99. The summed E-state index contributed by atoms with van der Waals surface area (Å²) in [4.78, 5) is 12.5. The topological polar surface area (TPSA) is 38.3 Å². The fourth-order valence-corrected chi connectivity index (χ4v) is 5.26. The van der Waals surface area contributed by atoms with Crippen LogP contribution in [0.3, 0.4) is 0 Å². The quantitative estimate of drug-likeness (QED) is 0.866. The van der Waals surface area contributed by atoms with Crippen LogP contribution in [0, 0.1) is 11.8 Å². The van der Waals surface area contributed by atoms with Crippen LogP contribution in [0.15, 0.2) is 0 Å². The highest BCUT2D eigenvalue weighted by Gasteiger charge is 2.42. The van der Waals surface area contributed by atoms with Crippen LogP contribution < -0.4 is 5.32 Å². The van der Waals surface area contributed by atoms with E-state index in [1.165, 1.54) is 18.6 Å². The van der Waals surface area contributed by atoms with E-state index < -0.39 is 0 Å². The van der Waals surface area contributed by atoms with Gasteiger partial charge in [-0.05, 0) is 63.3 Å². The lowest BCUT2D eigenvalue weighted by Crippen LogP contribution is -2.42. The lowest BCUT2D eigenvalue weighted by molar-refractivity contribution is -0.134. The Balaban J connectivity index is 1.46. The third-order valence-corrected chi connectivity index (χ3v) is 6.44. The molecular formula is C16H27NO2S. The van der Waals surface area contributed by atoms with Gasteiger partial charge in [0.05, 0.1) is 5.60 Å². The Kier molecular flexibility index (Phi) is 5.05. The summed E-state index contributed by atoms with van der Waals surface area (Å²) >= 11 is 1.98. The number of nitrogens with one attached hydrogen (secondary N) is 1. The number of piperidine rings is 1. The van der Waals surface area contributed by atoms with Gasteiger partial charge in [-0.3, -0.25) is 4.79 Å². The molecule has 0 bridgehead atoms. The molecule has 3 aliphatic heterocycles. The minimum absolute atomic E-state index is 0.0512. The highest BCUT2D eigenvalue weighted by atomic mass is 32.2. The van der Waals surface area contributed by atoms with Crippen molar-refractivity contribution in [1.29, 1.82) is 0 Å². The average molecular weight is 297 g/mol. The number of ether oxygens (including phenoxy) is 1. The van der Waals surface area contributed by atoms with Crippen LogP contribution in [0.25, 0.3) is 0 Å². The van der Waals surface area contributed by atoms with Gasteiger partial charge in [0.1, 0.15) is 5.78 Å². The van der Waals surface area contributed by atoms with Crippen molar-refractivity contribution in [2.45, 2.75) is 50.5 Å². The molecule has 4 heteroatoms. The molecule has 114 valence electrons. The van der Waals surface area contributed by atoms with Gasteiger partial charge in [-0.25, -0.2) is 0 Å². The first-order chi connectivity index (χ1) is 9.77. The molecule has 3 unspecified atom stereocenters. The number of carbonyl (C=O) groups excluding carboxylic acids is 1. The number of ketones is 1. The fourth-order valence-electron chi connectivity index (χ4n) is 3.89. The molecule has 20 heavy (non-hydrogen) atoms. The Bertz CT molecular complexity index is 335. The second kappa shape index (κ2) is 6.80. The van der Waals surface area contributed by atoms with Gasteiger partial charge in [0.15, 0.2) is 0 Å². The van der Waals surface area contributed by atoms with Crippen molar-refractivity contribution >= 4 is 17.5 Å². The average Bonchev–Trinajstić information content (AvgIpc) is 2.93. The molecule has 0 aromatic carbocycles. The van der Waals surface area contributed by atoms with Crippen molar-refractivity contribution < 1.29 is 9.53 Å². The molecule has 0 saturated carbocycles. The minimum atomic E-state index is 0.0512. The van der Waals surface area contributed by atoms with E-state index in [1.807, 2.05) is 11.8 Å². The Morgan fingerprint density at radius 1 is 1.40 bits per heavy atom. The molecule has 3 aliphatic rings. The van der Waals surface area contributed by atoms with Crippen molar-refractivity contribution in [3.05, 3.63) is 0 Å². The second-order valence-corrected chi connectivity index (χ2v) is 7.85. The molecule has 0 amide bonds. The summed E-state index contributed by atoms with van der Waals surface area (Å²) in [6, 6.07) is 0. The van der Waals surface area contributed by atoms with Gasteiger partial charge >= 0.3 is 0 Å². The van der Waals surface area contributed by atoms with Crippen molar-refractivity contribution in [3.8, 4) is 0 Å². The number of rotatable bonds is 4. The van der Waals surface area contributed by atoms with Crippen LogP contribution >= 0.6 is 11.8 Å². The summed E-state index contributed by atoms with van der Waals surface area (Å²) in [6.45, 7) is 3.06. The fraction of sp³-hybridized carbons (Fsp3) is 0.938. The smallest absolute Gasteiger partial charge is 0.136 e. The molecule has 1 N–H and O–H groups in total. The van der Waals surface area contributed by atoms with Gasteiger partial charge in [0.2, 0.25) is 0 Å². The number of carbonyl (C=O) groups is 1. The Morgan fingerprint density at radius 3 is 3.10 bits per heavy atom. The Hall–Kier alpha value is -0.0600. The third kappa shape index (κ3) is 3.58. The zero-order valence-corrected chi connectivity index (χ0v) is 13.2. The number of hydrogen-bond donors (Lipinski definition) is 1. The lowest BCUT2D eigenvalue weighted by Gasteiger charge is -2.37. The predicted octanol–water partition coefficient (Wildman–Crippen LogP) is 2.64. The van der Waals surface area contributed by atoms with Crippen LogP contribution in [0.4, 0.5) is 0 Å². The van der Waals surface area contributed by atoms with E-state index in [9.17, 15) is 4.79 Å².